The molecule has 0 bridgehead atoms. The minimum absolute atomic E-state index is 0.0371. The largest absolute Gasteiger partial charge is 0.491 e. The maximum Gasteiger partial charge on any atom is 0.269 e. The number of benzene rings is 2. The Morgan fingerprint density at radius 1 is 1.12 bits per heavy atom. The molecule has 0 aliphatic heterocycles. The Hall–Kier alpha value is -2.24. The third-order valence-electron chi connectivity index (χ3n) is 4.26. The normalized spacial score (nSPS) is 11.5. The maximum atomic E-state index is 12.5. The van der Waals surface area contributed by atoms with Gasteiger partial charge in [-0.25, -0.2) is 13.1 Å². The van der Waals surface area contributed by atoms with Crippen molar-refractivity contribution >= 4 is 55.6 Å². The molecule has 1 heterocycles. The molecule has 2 N–H and O–H groups in total. The molecule has 0 saturated heterocycles. The molecule has 3 rings (SSSR count). The third kappa shape index (κ3) is 7.38. The van der Waals surface area contributed by atoms with Crippen LogP contribution in [0.25, 0.3) is 0 Å². The van der Waals surface area contributed by atoms with E-state index in [1.54, 1.807) is 0 Å². The molecule has 33 heavy (non-hydrogen) atoms. The molecule has 0 unspecified atom stereocenters. The first kappa shape index (κ1) is 25.4. The van der Waals surface area contributed by atoms with E-state index in [9.17, 15) is 13.2 Å². The average Bonchev–Trinajstić information content (AvgIpc) is 3.21. The standard InChI is InChI=1S/C21H22Cl2N4O4S2/c1-13(2)31-16-8-5-14(6-9-16)4-3-11-24-33(29,30)21-27-26-20(32-21)25-19(28)17-10-7-15(22)12-18(17)23/h5-10,12-13,24H,3-4,11H2,1-2H3,(H,25,26,28). The van der Waals surface area contributed by atoms with Crippen molar-refractivity contribution in [3.8, 4) is 5.75 Å². The minimum atomic E-state index is -3.85. The van der Waals surface area contributed by atoms with Crippen LogP contribution in [0, 0.1) is 0 Å². The summed E-state index contributed by atoms with van der Waals surface area (Å²) in [7, 11) is -3.85. The van der Waals surface area contributed by atoms with Crippen LogP contribution in [0.1, 0.15) is 36.2 Å². The zero-order valence-corrected chi connectivity index (χ0v) is 21.0. The van der Waals surface area contributed by atoms with E-state index in [0.717, 1.165) is 22.6 Å². The number of carbonyl (C=O) groups is 1. The van der Waals surface area contributed by atoms with Crippen molar-refractivity contribution in [2.45, 2.75) is 37.1 Å². The van der Waals surface area contributed by atoms with Crippen molar-refractivity contribution in [1.82, 2.24) is 14.9 Å². The summed E-state index contributed by atoms with van der Waals surface area (Å²) in [5, 5.41) is 10.5. The summed E-state index contributed by atoms with van der Waals surface area (Å²) >= 11 is 12.6. The molecule has 0 saturated carbocycles. The minimum Gasteiger partial charge on any atom is -0.491 e. The SMILES string of the molecule is CC(C)Oc1ccc(CCCNS(=O)(=O)c2nnc(NC(=O)c3ccc(Cl)cc3Cl)s2)cc1. The number of ether oxygens (including phenoxy) is 1. The van der Waals surface area contributed by atoms with E-state index in [1.807, 2.05) is 38.1 Å². The van der Waals surface area contributed by atoms with Crippen molar-refractivity contribution in [3.05, 3.63) is 63.6 Å². The van der Waals surface area contributed by atoms with Crippen LogP contribution in [-0.2, 0) is 16.4 Å². The molecule has 176 valence electrons. The van der Waals surface area contributed by atoms with Crippen LogP contribution in [0.5, 0.6) is 5.75 Å². The number of nitrogens with one attached hydrogen (secondary N) is 2. The van der Waals surface area contributed by atoms with Crippen molar-refractivity contribution in [2.75, 3.05) is 11.9 Å². The van der Waals surface area contributed by atoms with Crippen molar-refractivity contribution < 1.29 is 17.9 Å². The molecule has 0 fully saturated rings. The van der Waals surface area contributed by atoms with Gasteiger partial charge in [-0.2, -0.15) is 0 Å². The highest BCUT2D eigenvalue weighted by molar-refractivity contribution is 7.91. The van der Waals surface area contributed by atoms with E-state index in [4.69, 9.17) is 27.9 Å². The highest BCUT2D eigenvalue weighted by Gasteiger charge is 2.21. The van der Waals surface area contributed by atoms with Crippen molar-refractivity contribution in [3.63, 3.8) is 0 Å². The zero-order valence-electron chi connectivity index (χ0n) is 17.8. The zero-order chi connectivity index (χ0) is 24.0. The van der Waals surface area contributed by atoms with Gasteiger partial charge in [-0.3, -0.25) is 10.1 Å². The third-order valence-corrected chi connectivity index (χ3v) is 7.48. The Morgan fingerprint density at radius 2 is 1.85 bits per heavy atom. The summed E-state index contributed by atoms with van der Waals surface area (Å²) in [5.74, 6) is 0.251. The van der Waals surface area contributed by atoms with Gasteiger partial charge in [-0.1, -0.05) is 46.7 Å². The summed E-state index contributed by atoms with van der Waals surface area (Å²) in [5.41, 5.74) is 1.26. The molecule has 2 aromatic carbocycles. The van der Waals surface area contributed by atoms with Gasteiger partial charge in [0.25, 0.3) is 15.9 Å². The van der Waals surface area contributed by atoms with Crippen LogP contribution in [0.15, 0.2) is 46.8 Å². The van der Waals surface area contributed by atoms with Crippen LogP contribution in [0.2, 0.25) is 10.0 Å². The van der Waals surface area contributed by atoms with E-state index < -0.39 is 15.9 Å². The highest BCUT2D eigenvalue weighted by atomic mass is 35.5. The maximum absolute atomic E-state index is 12.5. The predicted octanol–water partition coefficient (Wildman–Crippen LogP) is 4.80. The Labute approximate surface area is 206 Å². The second-order valence-electron chi connectivity index (χ2n) is 7.26. The molecule has 0 aliphatic rings. The molecule has 12 heteroatoms. The number of anilines is 1. The number of carbonyl (C=O) groups excluding carboxylic acids is 1. The molecule has 0 atom stereocenters. The number of amides is 1. The monoisotopic (exact) mass is 528 g/mol. The second-order valence-corrected chi connectivity index (χ2v) is 11.0. The van der Waals surface area contributed by atoms with E-state index in [1.165, 1.54) is 18.2 Å². The lowest BCUT2D eigenvalue weighted by Gasteiger charge is -2.10. The van der Waals surface area contributed by atoms with Gasteiger partial charge in [-0.05, 0) is 62.6 Å². The van der Waals surface area contributed by atoms with Crippen LogP contribution in [0.4, 0.5) is 5.13 Å². The van der Waals surface area contributed by atoms with Gasteiger partial charge in [0.1, 0.15) is 5.75 Å². The molecule has 0 spiro atoms. The number of aromatic nitrogens is 2. The average molecular weight is 529 g/mol. The highest BCUT2D eigenvalue weighted by Crippen LogP contribution is 2.24. The van der Waals surface area contributed by atoms with Gasteiger partial charge in [0, 0.05) is 11.6 Å². The summed E-state index contributed by atoms with van der Waals surface area (Å²) < 4.78 is 32.8. The van der Waals surface area contributed by atoms with Crippen molar-refractivity contribution in [1.29, 1.82) is 0 Å². The molecular weight excluding hydrogens is 507 g/mol. The molecular formula is C21H22Cl2N4O4S2. The van der Waals surface area contributed by atoms with Gasteiger partial charge in [0.2, 0.25) is 9.47 Å². The molecule has 1 amide bonds. The van der Waals surface area contributed by atoms with E-state index >= 15 is 0 Å². The summed E-state index contributed by atoms with van der Waals surface area (Å²) in [6.45, 7) is 4.16. The van der Waals surface area contributed by atoms with E-state index in [-0.39, 0.29) is 32.7 Å². The number of rotatable bonds is 10. The Bertz CT molecular complexity index is 1220. The first-order chi connectivity index (χ1) is 15.6. The molecule has 3 aromatic rings. The van der Waals surface area contributed by atoms with E-state index in [2.05, 4.69) is 20.2 Å². The van der Waals surface area contributed by atoms with Crippen LogP contribution in [-0.4, -0.2) is 37.2 Å². The van der Waals surface area contributed by atoms with Gasteiger partial charge >= 0.3 is 0 Å². The van der Waals surface area contributed by atoms with Gasteiger partial charge < -0.3 is 4.74 Å². The lowest BCUT2D eigenvalue weighted by molar-refractivity contribution is 0.102. The Balaban J connectivity index is 1.51. The quantitative estimate of drug-likeness (QED) is 0.289. The van der Waals surface area contributed by atoms with Gasteiger partial charge in [-0.15, -0.1) is 10.2 Å². The summed E-state index contributed by atoms with van der Waals surface area (Å²) in [4.78, 5) is 12.4. The molecule has 0 radical (unpaired) electrons. The fourth-order valence-corrected chi connectivity index (χ4v) is 5.28. The first-order valence-electron chi connectivity index (χ1n) is 9.99. The molecule has 0 aliphatic carbocycles. The number of hydrogen-bond acceptors (Lipinski definition) is 7. The van der Waals surface area contributed by atoms with E-state index in [0.29, 0.717) is 17.9 Å². The Morgan fingerprint density at radius 3 is 2.52 bits per heavy atom. The number of aryl methyl sites for hydroxylation is 1. The lowest BCUT2D eigenvalue weighted by atomic mass is 10.1. The first-order valence-corrected chi connectivity index (χ1v) is 13.0. The number of nitrogens with zero attached hydrogens (tertiary/aromatic N) is 2. The van der Waals surface area contributed by atoms with Crippen LogP contribution in [0.3, 0.4) is 0 Å². The fraction of sp³-hybridized carbons (Fsp3) is 0.286. The van der Waals surface area contributed by atoms with Crippen LogP contribution >= 0.6 is 34.5 Å². The number of halogens is 2. The smallest absolute Gasteiger partial charge is 0.269 e. The van der Waals surface area contributed by atoms with Gasteiger partial charge in [0.05, 0.1) is 16.7 Å². The van der Waals surface area contributed by atoms with Crippen molar-refractivity contribution in [2.24, 2.45) is 0 Å². The summed E-state index contributed by atoms with van der Waals surface area (Å²) in [6, 6.07) is 12.1. The number of sulfonamides is 1. The molecule has 8 nitrogen and oxygen atoms in total. The summed E-state index contributed by atoms with van der Waals surface area (Å²) in [6.07, 6.45) is 1.40. The number of hydrogen-bond donors (Lipinski definition) is 2. The van der Waals surface area contributed by atoms with Crippen LogP contribution < -0.4 is 14.8 Å². The second kappa shape index (κ2) is 11.3. The molecule has 1 aromatic heterocycles. The lowest BCUT2D eigenvalue weighted by Crippen LogP contribution is -2.25. The predicted molar refractivity (Wildman–Crippen MR) is 130 cm³/mol. The topological polar surface area (TPSA) is 110 Å². The Kier molecular flexibility index (Phi) is 8.66. The van der Waals surface area contributed by atoms with Gasteiger partial charge in [0.15, 0.2) is 0 Å². The fourth-order valence-electron chi connectivity index (χ4n) is 2.77.